The van der Waals surface area contributed by atoms with Crippen molar-refractivity contribution in [2.45, 2.75) is 413 Å². The van der Waals surface area contributed by atoms with Crippen molar-refractivity contribution in [2.24, 2.45) is 11.8 Å². The number of aliphatic hydroxyl groups is 1. The fourth-order valence-corrected chi connectivity index (χ4v) is 13.4. The Morgan fingerprint density at radius 1 is 0.313 bits per heavy atom. The van der Waals surface area contributed by atoms with Crippen molar-refractivity contribution >= 4 is 39.5 Å². The summed E-state index contributed by atoms with van der Waals surface area (Å²) in [6.45, 7) is 9.45. The van der Waals surface area contributed by atoms with Gasteiger partial charge in [-0.05, 0) is 63.2 Å². The monoisotopic (exact) mass is 1450 g/mol. The number of esters is 4. The van der Waals surface area contributed by atoms with Gasteiger partial charge in [0.2, 0.25) is 0 Å². The first-order chi connectivity index (χ1) is 47.9. The predicted molar refractivity (Wildman–Crippen MR) is 404 cm³/mol. The Hall–Kier alpha value is -2.46. The molecule has 99 heavy (non-hydrogen) atoms. The van der Waals surface area contributed by atoms with Crippen LogP contribution < -0.4 is 0 Å². The standard InChI is InChI=1S/C80H152O17P2/c1-7-9-11-13-15-17-19-21-23-24-25-26-27-28-29-31-33-35-40-44-52-58-64-79(84)96-75(68-90-77(82)62-56-50-43-39-34-32-30-22-20-18-16-14-12-10-8-2)70-94-98(86,87)92-66-74(81)67-93-99(88,89)95-71-76(69-91-78(83)63-57-51-47-46-49-55-61-73(5)6)97-80(85)65-59-53-45-41-37-36-38-42-48-54-60-72(3)4/h18,20,22,30,72-76,81H,7-17,19,21,23-29,31-71H2,1-6H3,(H,86,87)(H,88,89)/b20-18-,30-22-/t74-,75-,76-/m1/s1. The zero-order valence-electron chi connectivity index (χ0n) is 64.3. The molecule has 0 spiro atoms. The summed E-state index contributed by atoms with van der Waals surface area (Å²) in [5, 5.41) is 10.6. The molecule has 0 bridgehead atoms. The van der Waals surface area contributed by atoms with Gasteiger partial charge in [-0.2, -0.15) is 0 Å². The molecule has 3 N–H and O–H groups in total. The SMILES string of the molecule is CCCCCC/C=C\C=C/CCCCCCCC(=O)OC[C@H](COP(=O)(O)OC[C@@H](O)COP(=O)(O)OC[C@@H](COC(=O)CCCCCCCCC(C)C)OC(=O)CCCCCCCCCCCCC(C)C)OC(=O)CCCCCCCCCCCCCCCCCCCCCCCC. The highest BCUT2D eigenvalue weighted by atomic mass is 31.2. The lowest BCUT2D eigenvalue weighted by Gasteiger charge is -2.21. The van der Waals surface area contributed by atoms with Crippen LogP contribution in [0.4, 0.5) is 0 Å². The first-order valence-electron chi connectivity index (χ1n) is 40.8. The maximum absolute atomic E-state index is 13.1. The largest absolute Gasteiger partial charge is 0.472 e. The van der Waals surface area contributed by atoms with Crippen molar-refractivity contribution in [3.05, 3.63) is 24.3 Å². The van der Waals surface area contributed by atoms with Gasteiger partial charge < -0.3 is 33.8 Å². The molecule has 0 aliphatic heterocycles. The fourth-order valence-electron chi connectivity index (χ4n) is 11.8. The van der Waals surface area contributed by atoms with E-state index in [1.807, 2.05) is 0 Å². The van der Waals surface area contributed by atoms with Gasteiger partial charge in [0.15, 0.2) is 12.2 Å². The minimum Gasteiger partial charge on any atom is -0.462 e. The van der Waals surface area contributed by atoms with E-state index in [-0.39, 0.29) is 25.7 Å². The summed E-state index contributed by atoms with van der Waals surface area (Å²) in [7, 11) is -9.93. The zero-order valence-corrected chi connectivity index (χ0v) is 66.1. The molecule has 0 aromatic heterocycles. The van der Waals surface area contributed by atoms with Gasteiger partial charge in [0.1, 0.15) is 19.3 Å². The second kappa shape index (κ2) is 71.2. The Kier molecular flexibility index (Phi) is 69.4. The summed E-state index contributed by atoms with van der Waals surface area (Å²) in [5.74, 6) is -0.717. The molecule has 5 atom stereocenters. The molecule has 17 nitrogen and oxygen atoms in total. The number of hydrogen-bond acceptors (Lipinski definition) is 15. The molecule has 0 aliphatic carbocycles. The lowest BCUT2D eigenvalue weighted by molar-refractivity contribution is -0.161. The van der Waals surface area contributed by atoms with Crippen LogP contribution in [-0.4, -0.2) is 96.7 Å². The first kappa shape index (κ1) is 96.5. The van der Waals surface area contributed by atoms with E-state index in [0.717, 1.165) is 121 Å². The smallest absolute Gasteiger partial charge is 0.462 e. The molecule has 0 amide bonds. The van der Waals surface area contributed by atoms with Gasteiger partial charge in [-0.15, -0.1) is 0 Å². The van der Waals surface area contributed by atoms with E-state index in [4.69, 9.17) is 37.0 Å². The molecule has 0 aromatic carbocycles. The third-order valence-corrected chi connectivity index (χ3v) is 20.0. The summed E-state index contributed by atoms with van der Waals surface area (Å²) in [6.07, 6.45) is 63.6. The Balaban J connectivity index is 5.22. The molecule has 0 rings (SSSR count). The Bertz CT molecular complexity index is 2000. The molecule has 2 unspecified atom stereocenters. The van der Waals surface area contributed by atoms with E-state index in [1.165, 1.54) is 186 Å². The van der Waals surface area contributed by atoms with Gasteiger partial charge in [0.05, 0.1) is 26.4 Å². The normalized spacial score (nSPS) is 14.1. The minimum atomic E-state index is -4.97. The summed E-state index contributed by atoms with van der Waals surface area (Å²) in [4.78, 5) is 72.9. The second-order valence-electron chi connectivity index (χ2n) is 29.1. The number of phosphoric ester groups is 2. The average Bonchev–Trinajstić information content (AvgIpc) is 1.06. The van der Waals surface area contributed by atoms with Crippen LogP contribution in [0.1, 0.15) is 395 Å². The van der Waals surface area contributed by atoms with Gasteiger partial charge >= 0.3 is 39.5 Å². The second-order valence-corrected chi connectivity index (χ2v) is 32.0. The van der Waals surface area contributed by atoms with E-state index in [2.05, 4.69) is 65.8 Å². The number of ether oxygens (including phenoxy) is 4. The average molecular weight is 1450 g/mol. The summed E-state index contributed by atoms with van der Waals surface area (Å²) >= 11 is 0. The Morgan fingerprint density at radius 3 is 0.828 bits per heavy atom. The van der Waals surface area contributed by atoms with E-state index in [0.29, 0.717) is 31.6 Å². The summed E-state index contributed by atoms with van der Waals surface area (Å²) < 4.78 is 68.5. The molecule has 0 saturated heterocycles. The van der Waals surface area contributed by atoms with E-state index < -0.39 is 97.5 Å². The Labute approximate surface area is 605 Å². The lowest BCUT2D eigenvalue weighted by atomic mass is 10.0. The number of carbonyl (C=O) groups excluding carboxylic acids is 4. The number of carbonyl (C=O) groups is 4. The Morgan fingerprint density at radius 2 is 0.545 bits per heavy atom. The minimum absolute atomic E-state index is 0.102. The topological polar surface area (TPSA) is 237 Å². The number of phosphoric acid groups is 2. The maximum Gasteiger partial charge on any atom is 0.472 e. The highest BCUT2D eigenvalue weighted by Gasteiger charge is 2.30. The number of unbranched alkanes of at least 4 members (excludes halogenated alkanes) is 44. The third kappa shape index (κ3) is 73.6. The number of allylic oxidation sites excluding steroid dienone is 4. The van der Waals surface area contributed by atoms with Crippen LogP contribution in [0.2, 0.25) is 0 Å². The van der Waals surface area contributed by atoms with Crippen molar-refractivity contribution in [3.63, 3.8) is 0 Å². The van der Waals surface area contributed by atoms with Crippen LogP contribution in [-0.2, 0) is 65.4 Å². The van der Waals surface area contributed by atoms with Gasteiger partial charge in [-0.3, -0.25) is 37.3 Å². The van der Waals surface area contributed by atoms with Gasteiger partial charge in [-0.1, -0.05) is 342 Å². The molecular formula is C80H152O17P2. The fraction of sp³-hybridized carbons (Fsp3) is 0.900. The van der Waals surface area contributed by atoms with E-state index in [1.54, 1.807) is 0 Å². The van der Waals surface area contributed by atoms with Crippen molar-refractivity contribution in [1.82, 2.24) is 0 Å². The lowest BCUT2D eigenvalue weighted by Crippen LogP contribution is -2.30. The van der Waals surface area contributed by atoms with Crippen LogP contribution in [0.5, 0.6) is 0 Å². The molecule has 19 heteroatoms. The van der Waals surface area contributed by atoms with Crippen LogP contribution >= 0.6 is 15.6 Å². The van der Waals surface area contributed by atoms with E-state index in [9.17, 15) is 43.2 Å². The van der Waals surface area contributed by atoms with Crippen LogP contribution in [0, 0.1) is 11.8 Å². The molecule has 0 aromatic rings. The van der Waals surface area contributed by atoms with Crippen molar-refractivity contribution < 1.29 is 80.2 Å². The third-order valence-electron chi connectivity index (χ3n) is 18.1. The molecule has 0 fully saturated rings. The summed E-state index contributed by atoms with van der Waals surface area (Å²) in [6, 6.07) is 0. The highest BCUT2D eigenvalue weighted by Crippen LogP contribution is 2.45. The molecular weight excluding hydrogens is 1290 g/mol. The zero-order chi connectivity index (χ0) is 72.8. The first-order valence-corrected chi connectivity index (χ1v) is 43.8. The number of aliphatic hydroxyl groups excluding tert-OH is 1. The van der Waals surface area contributed by atoms with Gasteiger partial charge in [-0.25, -0.2) is 9.13 Å². The molecule has 0 radical (unpaired) electrons. The molecule has 584 valence electrons. The quantitative estimate of drug-likeness (QED) is 0.0169. The molecule has 0 aliphatic rings. The van der Waals surface area contributed by atoms with Crippen molar-refractivity contribution in [3.8, 4) is 0 Å². The van der Waals surface area contributed by atoms with Crippen LogP contribution in [0.15, 0.2) is 24.3 Å². The predicted octanol–water partition coefficient (Wildman–Crippen LogP) is 23.4. The van der Waals surface area contributed by atoms with Crippen molar-refractivity contribution in [2.75, 3.05) is 39.6 Å². The van der Waals surface area contributed by atoms with Gasteiger partial charge in [0.25, 0.3) is 0 Å². The number of hydrogen-bond donors (Lipinski definition) is 3. The van der Waals surface area contributed by atoms with E-state index >= 15 is 0 Å². The molecule has 0 heterocycles. The van der Waals surface area contributed by atoms with Crippen molar-refractivity contribution in [1.29, 1.82) is 0 Å². The number of rotatable bonds is 77. The summed E-state index contributed by atoms with van der Waals surface area (Å²) in [5.41, 5.74) is 0. The highest BCUT2D eigenvalue weighted by molar-refractivity contribution is 7.47. The molecule has 0 saturated carbocycles. The van der Waals surface area contributed by atoms with Crippen LogP contribution in [0.3, 0.4) is 0 Å². The van der Waals surface area contributed by atoms with Crippen LogP contribution in [0.25, 0.3) is 0 Å². The maximum atomic E-state index is 13.1. The van der Waals surface area contributed by atoms with Gasteiger partial charge in [0, 0.05) is 25.7 Å².